The summed E-state index contributed by atoms with van der Waals surface area (Å²) < 4.78 is 32.9. The summed E-state index contributed by atoms with van der Waals surface area (Å²) in [5.41, 5.74) is 0.751. The molecule has 0 spiro atoms. The van der Waals surface area contributed by atoms with Crippen LogP contribution in [0.5, 0.6) is 5.75 Å². The van der Waals surface area contributed by atoms with Crippen LogP contribution in [0, 0.1) is 0 Å². The molecule has 2 aromatic carbocycles. The Morgan fingerprint density at radius 3 is 2.27 bits per heavy atom. The average Bonchev–Trinajstić information content (AvgIpc) is 2.63. The zero-order chi connectivity index (χ0) is 19.3. The van der Waals surface area contributed by atoms with Gasteiger partial charge in [-0.2, -0.15) is 4.31 Å². The van der Waals surface area contributed by atoms with E-state index in [2.05, 4.69) is 21.2 Å². The van der Waals surface area contributed by atoms with Crippen LogP contribution < -0.4 is 10.1 Å². The van der Waals surface area contributed by atoms with Crippen molar-refractivity contribution in [1.29, 1.82) is 0 Å². The number of ether oxygens (including phenoxy) is 1. The van der Waals surface area contributed by atoms with E-state index >= 15 is 0 Å². The van der Waals surface area contributed by atoms with Crippen LogP contribution in [0.1, 0.15) is 24.2 Å². The first kappa shape index (κ1) is 20.4. The zero-order valence-electron chi connectivity index (χ0n) is 14.8. The monoisotopic (exact) mass is 440 g/mol. The molecule has 0 bridgehead atoms. The molecule has 1 N–H and O–H groups in total. The van der Waals surface area contributed by atoms with E-state index < -0.39 is 15.9 Å². The summed E-state index contributed by atoms with van der Waals surface area (Å²) >= 11 is 3.33. The maximum atomic E-state index is 12.7. The molecule has 0 saturated carbocycles. The van der Waals surface area contributed by atoms with Crippen LogP contribution in [-0.2, 0) is 10.0 Å². The number of halogens is 1. The second-order valence-corrected chi connectivity index (χ2v) is 8.27. The van der Waals surface area contributed by atoms with Crippen molar-refractivity contribution in [3.05, 3.63) is 52.5 Å². The van der Waals surface area contributed by atoms with Crippen molar-refractivity contribution in [2.24, 2.45) is 0 Å². The number of nitrogens with one attached hydrogen (secondary N) is 1. The van der Waals surface area contributed by atoms with Gasteiger partial charge in [-0.25, -0.2) is 8.42 Å². The lowest BCUT2D eigenvalue weighted by atomic mass is 10.2. The minimum atomic E-state index is -3.67. The lowest BCUT2D eigenvalue weighted by Gasteiger charge is -2.19. The lowest BCUT2D eigenvalue weighted by Crippen LogP contribution is -2.30. The van der Waals surface area contributed by atoms with Crippen molar-refractivity contribution >= 4 is 37.5 Å². The van der Waals surface area contributed by atoms with Crippen LogP contribution in [0.25, 0.3) is 0 Å². The number of methoxy groups -OCH3 is 1. The fraction of sp³-hybridized carbons (Fsp3) is 0.278. The first-order chi connectivity index (χ1) is 12.3. The van der Waals surface area contributed by atoms with Gasteiger partial charge in [0.1, 0.15) is 5.75 Å². The third-order valence-electron chi connectivity index (χ3n) is 3.86. The second-order valence-electron chi connectivity index (χ2n) is 5.41. The minimum absolute atomic E-state index is 0.0583. The number of sulfonamides is 1. The quantitative estimate of drug-likeness (QED) is 0.711. The molecule has 0 saturated heterocycles. The first-order valence-electron chi connectivity index (χ1n) is 8.08. The van der Waals surface area contributed by atoms with Gasteiger partial charge in [0.25, 0.3) is 5.91 Å². The normalized spacial score (nSPS) is 11.4. The summed E-state index contributed by atoms with van der Waals surface area (Å²) in [5.74, 6) is -0.140. The Kier molecular flexibility index (Phi) is 6.80. The molecule has 0 heterocycles. The molecule has 2 rings (SSSR count). The molecule has 26 heavy (non-hydrogen) atoms. The Morgan fingerprint density at radius 2 is 1.73 bits per heavy atom. The van der Waals surface area contributed by atoms with Crippen molar-refractivity contribution in [2.75, 3.05) is 25.5 Å². The molecule has 0 aliphatic rings. The fourth-order valence-corrected chi connectivity index (χ4v) is 4.22. The van der Waals surface area contributed by atoms with Crippen LogP contribution in [-0.4, -0.2) is 38.8 Å². The zero-order valence-corrected chi connectivity index (χ0v) is 17.2. The summed E-state index contributed by atoms with van der Waals surface area (Å²) in [4.78, 5) is 12.7. The Labute approximate surface area is 162 Å². The van der Waals surface area contributed by atoms with Crippen LogP contribution in [0.15, 0.2) is 51.8 Å². The molecule has 0 atom stereocenters. The number of benzene rings is 2. The molecule has 6 nitrogen and oxygen atoms in total. The van der Waals surface area contributed by atoms with Gasteiger partial charge in [-0.1, -0.05) is 29.8 Å². The van der Waals surface area contributed by atoms with Crippen molar-refractivity contribution in [2.45, 2.75) is 18.7 Å². The van der Waals surface area contributed by atoms with Crippen LogP contribution in [0.3, 0.4) is 0 Å². The molecule has 0 fully saturated rings. The van der Waals surface area contributed by atoms with Gasteiger partial charge < -0.3 is 10.1 Å². The fourth-order valence-electron chi connectivity index (χ4n) is 2.47. The molecule has 1 amide bonds. The maximum absolute atomic E-state index is 12.7. The summed E-state index contributed by atoms with van der Waals surface area (Å²) in [6, 6.07) is 11.4. The highest BCUT2D eigenvalue weighted by atomic mass is 79.9. The van der Waals surface area contributed by atoms with E-state index in [9.17, 15) is 13.2 Å². The summed E-state index contributed by atoms with van der Waals surface area (Å²) in [7, 11) is -2.23. The number of carbonyl (C=O) groups is 1. The summed E-state index contributed by atoms with van der Waals surface area (Å²) in [6.45, 7) is 4.24. The Bertz CT molecular complexity index is 879. The van der Waals surface area contributed by atoms with Gasteiger partial charge in [-0.3, -0.25) is 4.79 Å². The van der Waals surface area contributed by atoms with Gasteiger partial charge in [0.05, 0.1) is 17.6 Å². The van der Waals surface area contributed by atoms with E-state index in [0.717, 1.165) is 4.47 Å². The van der Waals surface area contributed by atoms with Crippen LogP contribution in [0.4, 0.5) is 5.69 Å². The maximum Gasteiger partial charge on any atom is 0.259 e. The van der Waals surface area contributed by atoms with E-state index in [4.69, 9.17) is 4.74 Å². The number of amides is 1. The molecule has 0 unspecified atom stereocenters. The van der Waals surface area contributed by atoms with Crippen molar-refractivity contribution in [3.8, 4) is 5.75 Å². The largest absolute Gasteiger partial charge is 0.496 e. The van der Waals surface area contributed by atoms with Gasteiger partial charge in [-0.15, -0.1) is 0 Å². The SMILES string of the molecule is CCN(CC)S(=O)(=O)c1ccc(OC)c(C(=O)Nc2ccc(Br)cc2)c1. The average molecular weight is 441 g/mol. The molecule has 0 radical (unpaired) electrons. The summed E-state index contributed by atoms with van der Waals surface area (Å²) in [5, 5.41) is 2.75. The van der Waals surface area contributed by atoms with E-state index in [1.807, 2.05) is 0 Å². The number of carbonyl (C=O) groups excluding carboxylic acids is 1. The third kappa shape index (κ3) is 4.44. The van der Waals surface area contributed by atoms with E-state index in [1.165, 1.54) is 29.6 Å². The van der Waals surface area contributed by atoms with Crippen molar-refractivity contribution in [1.82, 2.24) is 4.31 Å². The third-order valence-corrected chi connectivity index (χ3v) is 6.44. The molecule has 0 aliphatic carbocycles. The molecule has 8 heteroatoms. The van der Waals surface area contributed by atoms with Gasteiger partial charge in [0, 0.05) is 23.2 Å². The summed E-state index contributed by atoms with van der Waals surface area (Å²) in [6.07, 6.45) is 0. The molecule has 2 aromatic rings. The molecular weight excluding hydrogens is 420 g/mol. The van der Waals surface area contributed by atoms with Gasteiger partial charge in [-0.05, 0) is 42.5 Å². The molecular formula is C18H21BrN2O4S. The highest BCUT2D eigenvalue weighted by Gasteiger charge is 2.24. The lowest BCUT2D eigenvalue weighted by molar-refractivity contribution is 0.102. The van der Waals surface area contributed by atoms with Gasteiger partial charge >= 0.3 is 0 Å². The predicted molar refractivity (Wildman–Crippen MR) is 105 cm³/mol. The van der Waals surface area contributed by atoms with Crippen LogP contribution in [0.2, 0.25) is 0 Å². The molecule has 0 aromatic heterocycles. The number of nitrogens with zero attached hydrogens (tertiary/aromatic N) is 1. The van der Waals surface area contributed by atoms with Crippen molar-refractivity contribution in [3.63, 3.8) is 0 Å². The van der Waals surface area contributed by atoms with Crippen LogP contribution >= 0.6 is 15.9 Å². The van der Waals surface area contributed by atoms with Gasteiger partial charge in [0.2, 0.25) is 10.0 Å². The highest BCUT2D eigenvalue weighted by Crippen LogP contribution is 2.26. The Hall–Kier alpha value is -1.90. The molecule has 140 valence electrons. The van der Waals surface area contributed by atoms with E-state index in [0.29, 0.717) is 24.5 Å². The standard InChI is InChI=1S/C18H21BrN2O4S/c1-4-21(5-2)26(23,24)15-10-11-17(25-3)16(12-15)18(22)20-14-8-6-13(19)7-9-14/h6-12H,4-5H2,1-3H3,(H,20,22). The number of hydrogen-bond acceptors (Lipinski definition) is 4. The Balaban J connectivity index is 2.40. The van der Waals surface area contributed by atoms with Gasteiger partial charge in [0.15, 0.2) is 0 Å². The number of hydrogen-bond donors (Lipinski definition) is 1. The highest BCUT2D eigenvalue weighted by molar-refractivity contribution is 9.10. The minimum Gasteiger partial charge on any atom is -0.496 e. The Morgan fingerprint density at radius 1 is 1.12 bits per heavy atom. The predicted octanol–water partition coefficient (Wildman–Crippen LogP) is 3.74. The first-order valence-corrected chi connectivity index (χ1v) is 10.3. The topological polar surface area (TPSA) is 75.7 Å². The van der Waals surface area contributed by atoms with Crippen molar-refractivity contribution < 1.29 is 17.9 Å². The smallest absolute Gasteiger partial charge is 0.259 e. The van der Waals surface area contributed by atoms with E-state index in [1.54, 1.807) is 38.1 Å². The second kappa shape index (κ2) is 8.66. The number of anilines is 1. The van der Waals surface area contributed by atoms with E-state index in [-0.39, 0.29) is 10.5 Å². The number of rotatable bonds is 7. The molecule has 0 aliphatic heterocycles.